The lowest BCUT2D eigenvalue weighted by Crippen LogP contribution is -2.10. The average molecular weight is 350 g/mol. The van der Waals surface area contributed by atoms with Crippen molar-refractivity contribution in [2.45, 2.75) is 25.2 Å². The molecule has 1 aliphatic carbocycles. The molecule has 3 rings (SSSR count). The molecule has 0 radical (unpaired) electrons. The van der Waals surface area contributed by atoms with E-state index in [0.29, 0.717) is 16.5 Å². The van der Waals surface area contributed by atoms with Crippen LogP contribution in [0.1, 0.15) is 46.7 Å². The summed E-state index contributed by atoms with van der Waals surface area (Å²) < 4.78 is 0.823. The van der Waals surface area contributed by atoms with E-state index in [2.05, 4.69) is 22.0 Å². The second-order valence-corrected chi connectivity index (χ2v) is 6.59. The second-order valence-electron chi connectivity index (χ2n) is 5.24. The van der Waals surface area contributed by atoms with Gasteiger partial charge in [-0.3, -0.25) is 4.79 Å². The van der Waals surface area contributed by atoms with Gasteiger partial charge in [-0.25, -0.2) is 0 Å². The molecule has 0 unspecified atom stereocenters. The third-order valence-corrected chi connectivity index (χ3v) is 4.53. The standard InChI is InChI=1S/C17H14BrClO/c18-15-8-14(9-16(19)10-15)17(20)13-6-2-5-12(7-13)11-3-1-4-11/h2,5-11H,1,3-4H2. The summed E-state index contributed by atoms with van der Waals surface area (Å²) in [6.07, 6.45) is 3.77. The van der Waals surface area contributed by atoms with Gasteiger partial charge in [0.15, 0.2) is 5.78 Å². The third-order valence-electron chi connectivity index (χ3n) is 3.85. The Bertz CT molecular complexity index is 642. The number of carbonyl (C=O) groups is 1. The van der Waals surface area contributed by atoms with E-state index in [1.54, 1.807) is 12.1 Å². The Morgan fingerprint density at radius 1 is 1.10 bits per heavy atom. The predicted molar refractivity (Wildman–Crippen MR) is 85.6 cm³/mol. The summed E-state index contributed by atoms with van der Waals surface area (Å²) in [6.45, 7) is 0. The molecule has 1 nitrogen and oxygen atoms in total. The lowest BCUT2D eigenvalue weighted by molar-refractivity contribution is 0.103. The zero-order valence-corrected chi connectivity index (χ0v) is 13.2. The van der Waals surface area contributed by atoms with Crippen LogP contribution in [0.3, 0.4) is 0 Å². The second kappa shape index (κ2) is 5.71. The largest absolute Gasteiger partial charge is 0.289 e. The fraction of sp³-hybridized carbons (Fsp3) is 0.235. The van der Waals surface area contributed by atoms with Crippen LogP contribution in [0.5, 0.6) is 0 Å². The zero-order chi connectivity index (χ0) is 14.1. The van der Waals surface area contributed by atoms with Gasteiger partial charge in [0.2, 0.25) is 0 Å². The molecule has 0 bridgehead atoms. The van der Waals surface area contributed by atoms with Crippen LogP contribution in [0, 0.1) is 0 Å². The fourth-order valence-corrected chi connectivity index (χ4v) is 3.39. The first-order valence-corrected chi connectivity index (χ1v) is 7.91. The van der Waals surface area contributed by atoms with Gasteiger partial charge in [0.25, 0.3) is 0 Å². The number of hydrogen-bond acceptors (Lipinski definition) is 1. The van der Waals surface area contributed by atoms with Crippen molar-refractivity contribution in [1.29, 1.82) is 0 Å². The van der Waals surface area contributed by atoms with Crippen molar-refractivity contribution in [2.75, 3.05) is 0 Å². The molecule has 3 heteroatoms. The van der Waals surface area contributed by atoms with Crippen LogP contribution in [-0.2, 0) is 0 Å². The Morgan fingerprint density at radius 2 is 1.90 bits per heavy atom. The summed E-state index contributed by atoms with van der Waals surface area (Å²) in [6, 6.07) is 13.3. The summed E-state index contributed by atoms with van der Waals surface area (Å²) >= 11 is 9.39. The Balaban J connectivity index is 1.93. The van der Waals surface area contributed by atoms with Crippen molar-refractivity contribution in [2.24, 2.45) is 0 Å². The zero-order valence-electron chi connectivity index (χ0n) is 10.9. The number of carbonyl (C=O) groups excluding carboxylic acids is 1. The number of halogens is 2. The highest BCUT2D eigenvalue weighted by atomic mass is 79.9. The summed E-state index contributed by atoms with van der Waals surface area (Å²) in [7, 11) is 0. The summed E-state index contributed by atoms with van der Waals surface area (Å²) in [5.74, 6) is 0.656. The first-order chi connectivity index (χ1) is 9.63. The first-order valence-electron chi connectivity index (χ1n) is 6.74. The molecule has 0 saturated heterocycles. The lowest BCUT2D eigenvalue weighted by atomic mass is 9.79. The Kier molecular flexibility index (Phi) is 3.95. The summed E-state index contributed by atoms with van der Waals surface area (Å²) in [4.78, 5) is 12.6. The highest BCUT2D eigenvalue weighted by molar-refractivity contribution is 9.10. The summed E-state index contributed by atoms with van der Waals surface area (Å²) in [5, 5.41) is 0.567. The van der Waals surface area contributed by atoms with E-state index < -0.39 is 0 Å². The minimum Gasteiger partial charge on any atom is -0.289 e. The quantitative estimate of drug-likeness (QED) is 0.659. The van der Waals surface area contributed by atoms with Crippen molar-refractivity contribution in [3.63, 3.8) is 0 Å². The maximum Gasteiger partial charge on any atom is 0.193 e. The van der Waals surface area contributed by atoms with Crippen LogP contribution >= 0.6 is 27.5 Å². The molecule has 2 aromatic carbocycles. The Morgan fingerprint density at radius 3 is 2.55 bits per heavy atom. The van der Waals surface area contributed by atoms with Gasteiger partial charge in [0.1, 0.15) is 0 Å². The summed E-state index contributed by atoms with van der Waals surface area (Å²) in [5.41, 5.74) is 2.64. The van der Waals surface area contributed by atoms with Gasteiger partial charge in [-0.2, -0.15) is 0 Å². The molecule has 20 heavy (non-hydrogen) atoms. The van der Waals surface area contributed by atoms with E-state index in [0.717, 1.165) is 10.0 Å². The van der Waals surface area contributed by atoms with Gasteiger partial charge in [0, 0.05) is 20.6 Å². The molecule has 0 atom stereocenters. The molecule has 0 spiro atoms. The molecule has 2 aromatic rings. The number of ketones is 1. The molecule has 0 heterocycles. The average Bonchev–Trinajstić information content (AvgIpc) is 2.35. The fourth-order valence-electron chi connectivity index (χ4n) is 2.53. The maximum atomic E-state index is 12.6. The van der Waals surface area contributed by atoms with E-state index in [1.807, 2.05) is 24.3 Å². The molecular formula is C17H14BrClO. The molecule has 0 aromatic heterocycles. The molecule has 0 N–H and O–H groups in total. The molecule has 1 aliphatic rings. The monoisotopic (exact) mass is 348 g/mol. The SMILES string of the molecule is O=C(c1cc(Cl)cc(Br)c1)c1cccc(C2CCC2)c1. The van der Waals surface area contributed by atoms with Gasteiger partial charge < -0.3 is 0 Å². The van der Waals surface area contributed by atoms with Crippen LogP contribution in [0.4, 0.5) is 0 Å². The minimum atomic E-state index is 0.0226. The van der Waals surface area contributed by atoms with Crippen molar-refractivity contribution in [3.8, 4) is 0 Å². The maximum absolute atomic E-state index is 12.6. The first kappa shape index (κ1) is 13.8. The van der Waals surface area contributed by atoms with Gasteiger partial charge in [-0.1, -0.05) is 52.2 Å². The molecular weight excluding hydrogens is 336 g/mol. The van der Waals surface area contributed by atoms with E-state index >= 15 is 0 Å². The smallest absolute Gasteiger partial charge is 0.193 e. The molecule has 0 aliphatic heterocycles. The van der Waals surface area contributed by atoms with Gasteiger partial charge in [0.05, 0.1) is 0 Å². The Hall–Kier alpha value is -1.12. The minimum absolute atomic E-state index is 0.0226. The number of hydrogen-bond donors (Lipinski definition) is 0. The van der Waals surface area contributed by atoms with Crippen LogP contribution in [-0.4, -0.2) is 5.78 Å². The van der Waals surface area contributed by atoms with Gasteiger partial charge >= 0.3 is 0 Å². The van der Waals surface area contributed by atoms with Gasteiger partial charge in [-0.15, -0.1) is 0 Å². The topological polar surface area (TPSA) is 17.1 Å². The van der Waals surface area contributed by atoms with Crippen LogP contribution in [0.15, 0.2) is 46.9 Å². The van der Waals surface area contributed by atoms with Crippen molar-refractivity contribution in [1.82, 2.24) is 0 Å². The van der Waals surface area contributed by atoms with E-state index in [-0.39, 0.29) is 5.78 Å². The number of benzene rings is 2. The van der Waals surface area contributed by atoms with Crippen molar-refractivity contribution < 1.29 is 4.79 Å². The number of rotatable bonds is 3. The molecule has 102 valence electrons. The van der Waals surface area contributed by atoms with Crippen LogP contribution in [0.2, 0.25) is 5.02 Å². The molecule has 0 amide bonds. The van der Waals surface area contributed by atoms with Crippen LogP contribution < -0.4 is 0 Å². The predicted octanol–water partition coefficient (Wildman–Crippen LogP) is 5.60. The molecule has 1 saturated carbocycles. The van der Waals surface area contributed by atoms with E-state index in [1.165, 1.54) is 24.8 Å². The Labute approximate surface area is 132 Å². The van der Waals surface area contributed by atoms with Crippen molar-refractivity contribution in [3.05, 3.63) is 68.7 Å². The third kappa shape index (κ3) is 2.82. The van der Waals surface area contributed by atoms with Crippen LogP contribution in [0.25, 0.3) is 0 Å². The van der Waals surface area contributed by atoms with E-state index in [4.69, 9.17) is 11.6 Å². The van der Waals surface area contributed by atoms with E-state index in [9.17, 15) is 4.79 Å². The van der Waals surface area contributed by atoms with Gasteiger partial charge in [-0.05, 0) is 48.6 Å². The normalized spacial score (nSPS) is 14.9. The highest BCUT2D eigenvalue weighted by Crippen LogP contribution is 2.36. The molecule has 1 fully saturated rings. The lowest BCUT2D eigenvalue weighted by Gasteiger charge is -2.26. The highest BCUT2D eigenvalue weighted by Gasteiger charge is 2.20. The van der Waals surface area contributed by atoms with Crippen molar-refractivity contribution >= 4 is 33.3 Å².